The van der Waals surface area contributed by atoms with Gasteiger partial charge in [0.15, 0.2) is 0 Å². The van der Waals surface area contributed by atoms with Crippen LogP contribution in [0.4, 0.5) is 0 Å². The first kappa shape index (κ1) is 25.1. The molecule has 0 radical (unpaired) electrons. The molecule has 0 nitrogen and oxygen atoms in total. The molecule has 0 spiro atoms. The summed E-state index contributed by atoms with van der Waals surface area (Å²) in [5.41, 5.74) is 10.4. The van der Waals surface area contributed by atoms with Crippen LogP contribution in [0.15, 0.2) is 152 Å². The summed E-state index contributed by atoms with van der Waals surface area (Å²) < 4.78 is 0. The van der Waals surface area contributed by atoms with Crippen LogP contribution in [0, 0.1) is 0 Å². The molecule has 0 bridgehead atoms. The zero-order valence-corrected chi connectivity index (χ0v) is 24.4. The van der Waals surface area contributed by atoms with Crippen molar-refractivity contribution in [2.24, 2.45) is 0 Å². The van der Waals surface area contributed by atoms with Crippen molar-refractivity contribution < 1.29 is 0 Å². The second-order valence-electron chi connectivity index (χ2n) is 12.1. The van der Waals surface area contributed by atoms with Gasteiger partial charge in [0.25, 0.3) is 0 Å². The molecular weight excluding hydrogens is 528 g/mol. The first-order valence-corrected chi connectivity index (χ1v) is 15.6. The lowest BCUT2D eigenvalue weighted by Gasteiger charge is -2.15. The molecule has 0 aliphatic heterocycles. The van der Waals surface area contributed by atoms with E-state index >= 15 is 0 Å². The molecule has 0 saturated carbocycles. The molecule has 0 amide bonds. The molecular formula is C44H30. The second kappa shape index (κ2) is 10.1. The van der Waals surface area contributed by atoms with Gasteiger partial charge in [-0.05, 0) is 125 Å². The minimum absolute atomic E-state index is 1.12. The van der Waals surface area contributed by atoms with E-state index in [2.05, 4.69) is 158 Å². The average Bonchev–Trinajstić information content (AvgIpc) is 3.10. The zero-order valence-electron chi connectivity index (χ0n) is 24.4. The molecule has 0 unspecified atom stereocenters. The van der Waals surface area contributed by atoms with E-state index in [0.717, 1.165) is 12.8 Å². The minimum atomic E-state index is 1.12. The topological polar surface area (TPSA) is 0 Å². The van der Waals surface area contributed by atoms with Crippen molar-refractivity contribution in [2.45, 2.75) is 12.8 Å². The minimum Gasteiger partial charge on any atom is -0.0836 e. The van der Waals surface area contributed by atoms with Crippen LogP contribution in [0.2, 0.25) is 0 Å². The van der Waals surface area contributed by atoms with Crippen LogP contribution in [0.5, 0.6) is 0 Å². The number of fused-ring (bicyclic) bond motifs is 7. The van der Waals surface area contributed by atoms with Gasteiger partial charge in [0, 0.05) is 0 Å². The molecule has 1 aliphatic rings. The van der Waals surface area contributed by atoms with E-state index in [0.29, 0.717) is 0 Å². The Bertz CT molecular complexity index is 2420. The van der Waals surface area contributed by atoms with Crippen LogP contribution in [0.25, 0.3) is 82.5 Å². The maximum Gasteiger partial charge on any atom is -0.0105 e. The third kappa shape index (κ3) is 4.22. The van der Waals surface area contributed by atoms with Crippen molar-refractivity contribution in [1.82, 2.24) is 0 Å². The summed E-state index contributed by atoms with van der Waals surface area (Å²) in [6, 6.07) is 54.1. The van der Waals surface area contributed by atoms with Gasteiger partial charge in [0.05, 0.1) is 0 Å². The van der Waals surface area contributed by atoms with E-state index in [1.165, 1.54) is 87.6 Å². The molecule has 0 heterocycles. The van der Waals surface area contributed by atoms with Gasteiger partial charge < -0.3 is 0 Å². The summed E-state index contributed by atoms with van der Waals surface area (Å²) in [7, 11) is 0. The number of allylic oxidation sites excluding steroid dienone is 1. The molecule has 0 atom stereocenters. The molecule has 9 rings (SSSR count). The fourth-order valence-electron chi connectivity index (χ4n) is 7.11. The molecule has 44 heavy (non-hydrogen) atoms. The van der Waals surface area contributed by atoms with Gasteiger partial charge in [-0.15, -0.1) is 0 Å². The van der Waals surface area contributed by atoms with Crippen molar-refractivity contribution >= 4 is 49.2 Å². The Hall–Kier alpha value is -5.46. The maximum atomic E-state index is 2.40. The van der Waals surface area contributed by atoms with Gasteiger partial charge in [-0.2, -0.15) is 0 Å². The van der Waals surface area contributed by atoms with Gasteiger partial charge in [0.2, 0.25) is 0 Å². The summed E-state index contributed by atoms with van der Waals surface area (Å²) in [6.45, 7) is 0. The highest BCUT2D eigenvalue weighted by atomic mass is 14.2. The molecule has 0 fully saturated rings. The fourth-order valence-corrected chi connectivity index (χ4v) is 7.11. The van der Waals surface area contributed by atoms with Crippen molar-refractivity contribution in [3.05, 3.63) is 163 Å². The average molecular weight is 559 g/mol. The lowest BCUT2D eigenvalue weighted by Crippen LogP contribution is -1.95. The molecule has 206 valence electrons. The monoisotopic (exact) mass is 558 g/mol. The number of hydrogen-bond acceptors (Lipinski definition) is 0. The molecule has 0 saturated heterocycles. The van der Waals surface area contributed by atoms with Crippen LogP contribution < -0.4 is 0 Å². The maximum absolute atomic E-state index is 2.40. The summed E-state index contributed by atoms with van der Waals surface area (Å²) in [4.78, 5) is 0. The van der Waals surface area contributed by atoms with Crippen molar-refractivity contribution in [3.63, 3.8) is 0 Å². The molecule has 8 aromatic carbocycles. The fraction of sp³-hybridized carbons (Fsp3) is 0.0455. The van der Waals surface area contributed by atoms with E-state index in [-0.39, 0.29) is 0 Å². The molecule has 0 aromatic heterocycles. The largest absolute Gasteiger partial charge is 0.0836 e. The van der Waals surface area contributed by atoms with Crippen LogP contribution in [0.1, 0.15) is 17.5 Å². The number of rotatable bonds is 3. The second-order valence-corrected chi connectivity index (χ2v) is 12.1. The first-order valence-electron chi connectivity index (χ1n) is 15.6. The van der Waals surface area contributed by atoms with Gasteiger partial charge in [-0.3, -0.25) is 0 Å². The lowest BCUT2D eigenvalue weighted by molar-refractivity contribution is 0.997. The van der Waals surface area contributed by atoms with Gasteiger partial charge >= 0.3 is 0 Å². The van der Waals surface area contributed by atoms with Crippen molar-refractivity contribution in [2.75, 3.05) is 0 Å². The quantitative estimate of drug-likeness (QED) is 0.189. The zero-order chi connectivity index (χ0) is 29.0. The Morgan fingerprint density at radius 3 is 1.55 bits per heavy atom. The Morgan fingerprint density at radius 2 is 0.841 bits per heavy atom. The normalized spacial score (nSPS) is 12.7. The van der Waals surface area contributed by atoms with Gasteiger partial charge in [-0.1, -0.05) is 133 Å². The smallest absolute Gasteiger partial charge is 0.0105 e. The molecule has 0 N–H and O–H groups in total. The number of aryl methyl sites for hydroxylation is 1. The highest BCUT2D eigenvalue weighted by Crippen LogP contribution is 2.36. The summed E-state index contributed by atoms with van der Waals surface area (Å²) in [5, 5.41) is 10.4. The predicted molar refractivity (Wildman–Crippen MR) is 190 cm³/mol. The SMILES string of the molecule is C1=Cc2ccc3ccc(-c4ccc5c(ccc6cc(-c7ccc(-c8ccc9ccccc9c8)cc7)ccc65)c4)cc3c2CC1. The third-order valence-corrected chi connectivity index (χ3v) is 9.50. The summed E-state index contributed by atoms with van der Waals surface area (Å²) in [6.07, 6.45) is 6.81. The standard InChI is InChI=1S/C44H30/c1-2-7-34-25-35(17-13-29(34)5-1)30-9-11-31(12-10-30)36-21-23-42-39(26-36)19-20-40-27-37(22-24-43(40)42)38-18-16-33-15-14-32-6-3-4-8-41(32)44(33)28-38/h1-3,5-7,9-28H,4,8H2. The number of hydrogen-bond donors (Lipinski definition) is 0. The summed E-state index contributed by atoms with van der Waals surface area (Å²) >= 11 is 0. The van der Waals surface area contributed by atoms with E-state index in [1.54, 1.807) is 0 Å². The highest BCUT2D eigenvalue weighted by Gasteiger charge is 2.11. The summed E-state index contributed by atoms with van der Waals surface area (Å²) in [5.74, 6) is 0. The lowest BCUT2D eigenvalue weighted by atomic mass is 9.89. The number of benzene rings is 8. The van der Waals surface area contributed by atoms with Crippen LogP contribution >= 0.6 is 0 Å². The van der Waals surface area contributed by atoms with E-state index in [9.17, 15) is 0 Å². The Morgan fingerprint density at radius 1 is 0.341 bits per heavy atom. The van der Waals surface area contributed by atoms with Crippen molar-refractivity contribution in [3.8, 4) is 33.4 Å². The van der Waals surface area contributed by atoms with E-state index in [1.807, 2.05) is 0 Å². The predicted octanol–water partition coefficient (Wildman–Crippen LogP) is 12.3. The Balaban J connectivity index is 1.04. The van der Waals surface area contributed by atoms with Crippen LogP contribution in [-0.2, 0) is 6.42 Å². The van der Waals surface area contributed by atoms with E-state index < -0.39 is 0 Å². The Kier molecular flexibility index (Phi) is 5.74. The van der Waals surface area contributed by atoms with Gasteiger partial charge in [-0.25, -0.2) is 0 Å². The van der Waals surface area contributed by atoms with Crippen LogP contribution in [-0.4, -0.2) is 0 Å². The van der Waals surface area contributed by atoms with E-state index in [4.69, 9.17) is 0 Å². The highest BCUT2D eigenvalue weighted by molar-refractivity contribution is 6.09. The Labute approximate surface area is 257 Å². The van der Waals surface area contributed by atoms with Crippen LogP contribution in [0.3, 0.4) is 0 Å². The third-order valence-electron chi connectivity index (χ3n) is 9.50. The first-order chi connectivity index (χ1) is 21.8. The molecule has 1 aliphatic carbocycles. The van der Waals surface area contributed by atoms with Gasteiger partial charge in [0.1, 0.15) is 0 Å². The molecule has 0 heteroatoms. The molecule has 8 aromatic rings. The van der Waals surface area contributed by atoms with Crippen molar-refractivity contribution in [1.29, 1.82) is 0 Å².